The smallest absolute Gasteiger partial charge is 0.340 e. The number of aliphatic hydroxyl groups is 2. The molecule has 0 saturated carbocycles. The molecule has 0 fully saturated rings. The summed E-state index contributed by atoms with van der Waals surface area (Å²) in [7, 11) is 0. The molecule has 0 rings (SSSR count). The third kappa shape index (κ3) is 11.5. The van der Waals surface area contributed by atoms with E-state index in [2.05, 4.69) is 13.2 Å². The Labute approximate surface area is 156 Å². The maximum atomic E-state index is 11.7. The van der Waals surface area contributed by atoms with Crippen molar-refractivity contribution in [2.75, 3.05) is 6.61 Å². The van der Waals surface area contributed by atoms with Gasteiger partial charge in [-0.15, -0.1) is 0 Å². The molecule has 2 N–H and O–H groups in total. The zero-order valence-electron chi connectivity index (χ0n) is 16.0. The molecule has 0 aromatic heterocycles. The van der Waals surface area contributed by atoms with Crippen LogP contribution >= 0.6 is 0 Å². The van der Waals surface area contributed by atoms with Gasteiger partial charge in [0.25, 0.3) is 0 Å². The number of carbonyl (C=O) groups excluding carboxylic acids is 2. The summed E-state index contributed by atoms with van der Waals surface area (Å²) in [5.74, 6) is -2.25. The first-order valence-electron chi connectivity index (χ1n) is 9.08. The minimum atomic E-state index is -0.783. The Morgan fingerprint density at radius 3 is 1.65 bits per heavy atom. The summed E-state index contributed by atoms with van der Waals surface area (Å²) in [5, 5.41) is 18.7. The monoisotopic (exact) mass is 368 g/mol. The molecule has 0 aliphatic carbocycles. The fraction of sp³-hybridized carbons (Fsp3) is 0.600. The molecule has 26 heavy (non-hydrogen) atoms. The van der Waals surface area contributed by atoms with Gasteiger partial charge in [-0.2, -0.15) is 0 Å². The largest absolute Gasteiger partial charge is 0.478 e. The van der Waals surface area contributed by atoms with Gasteiger partial charge in [0.2, 0.25) is 0 Å². The van der Waals surface area contributed by atoms with Crippen molar-refractivity contribution in [3.05, 3.63) is 36.0 Å². The molecule has 0 amide bonds. The lowest BCUT2D eigenvalue weighted by molar-refractivity contribution is -0.143. The lowest BCUT2D eigenvalue weighted by Crippen LogP contribution is -2.12. The standard InChI is InChI=1S/C20H32O6/c1-15(2)18(22)25-17(20(24)26-19(23)16(3)4)13-11-9-7-5-6-8-10-12-14-21/h21,24H,1,3,5-14H2,2,4H3/b20-17-. The number of hydrogen-bond acceptors (Lipinski definition) is 6. The molecule has 6 nitrogen and oxygen atoms in total. The van der Waals surface area contributed by atoms with Crippen LogP contribution in [0.25, 0.3) is 0 Å². The number of unbranched alkanes of at least 4 members (excludes halogenated alkanes) is 7. The van der Waals surface area contributed by atoms with E-state index in [9.17, 15) is 14.7 Å². The average molecular weight is 368 g/mol. The summed E-state index contributed by atoms with van der Waals surface area (Å²) in [4.78, 5) is 23.2. The zero-order valence-corrected chi connectivity index (χ0v) is 16.0. The number of esters is 2. The third-order valence-corrected chi connectivity index (χ3v) is 3.65. The predicted octanol–water partition coefficient (Wildman–Crippen LogP) is 4.46. The summed E-state index contributed by atoms with van der Waals surface area (Å²) in [5.41, 5.74) is 0.313. The lowest BCUT2D eigenvalue weighted by Gasteiger charge is -2.11. The Morgan fingerprint density at radius 1 is 0.769 bits per heavy atom. The molecule has 0 aromatic rings. The highest BCUT2D eigenvalue weighted by Crippen LogP contribution is 2.18. The molecule has 0 bridgehead atoms. The van der Waals surface area contributed by atoms with Gasteiger partial charge in [0.1, 0.15) is 0 Å². The number of aliphatic hydroxyl groups excluding tert-OH is 2. The highest BCUT2D eigenvalue weighted by Gasteiger charge is 2.17. The van der Waals surface area contributed by atoms with Crippen LogP contribution < -0.4 is 0 Å². The second-order valence-corrected chi connectivity index (χ2v) is 6.37. The van der Waals surface area contributed by atoms with Crippen LogP contribution in [0, 0.1) is 0 Å². The summed E-state index contributed by atoms with van der Waals surface area (Å²) in [6, 6.07) is 0. The second-order valence-electron chi connectivity index (χ2n) is 6.37. The van der Waals surface area contributed by atoms with Gasteiger partial charge in [-0.05, 0) is 26.7 Å². The van der Waals surface area contributed by atoms with Crippen molar-refractivity contribution in [3.63, 3.8) is 0 Å². The van der Waals surface area contributed by atoms with Crippen LogP contribution in [0.2, 0.25) is 0 Å². The van der Waals surface area contributed by atoms with Crippen LogP contribution in [0.5, 0.6) is 0 Å². The molecule has 0 saturated heterocycles. The second kappa shape index (κ2) is 14.1. The SMILES string of the molecule is C=C(C)C(=O)O/C(O)=C(/CCCCCCCCCCO)OC(=O)C(=C)C. The van der Waals surface area contributed by atoms with E-state index in [0.29, 0.717) is 6.42 Å². The Morgan fingerprint density at radius 2 is 1.19 bits per heavy atom. The van der Waals surface area contributed by atoms with E-state index < -0.39 is 17.9 Å². The number of ether oxygens (including phenoxy) is 2. The minimum Gasteiger partial charge on any atom is -0.478 e. The summed E-state index contributed by atoms with van der Waals surface area (Å²) >= 11 is 0. The van der Waals surface area contributed by atoms with Gasteiger partial charge in [-0.3, -0.25) is 0 Å². The first-order chi connectivity index (χ1) is 12.3. The zero-order chi connectivity index (χ0) is 19.9. The van der Waals surface area contributed by atoms with Crippen molar-refractivity contribution in [2.45, 2.75) is 71.6 Å². The van der Waals surface area contributed by atoms with E-state index in [1.807, 2.05) is 0 Å². The fourth-order valence-electron chi connectivity index (χ4n) is 2.09. The molecule has 0 aliphatic rings. The number of rotatable bonds is 14. The van der Waals surface area contributed by atoms with Gasteiger partial charge in [0.15, 0.2) is 5.76 Å². The molecule has 0 heterocycles. The van der Waals surface area contributed by atoms with E-state index in [0.717, 1.165) is 44.9 Å². The fourth-order valence-corrected chi connectivity index (χ4v) is 2.09. The number of allylic oxidation sites excluding steroid dienone is 1. The predicted molar refractivity (Wildman–Crippen MR) is 100 cm³/mol. The third-order valence-electron chi connectivity index (χ3n) is 3.65. The molecule has 6 heteroatoms. The Hall–Kier alpha value is -2.08. The van der Waals surface area contributed by atoms with Gasteiger partial charge >= 0.3 is 17.9 Å². The molecular formula is C20H32O6. The van der Waals surface area contributed by atoms with Crippen LogP contribution in [0.3, 0.4) is 0 Å². The molecule has 0 atom stereocenters. The van der Waals surface area contributed by atoms with E-state index in [1.54, 1.807) is 0 Å². The van der Waals surface area contributed by atoms with Crippen molar-refractivity contribution < 1.29 is 29.3 Å². The molecule has 0 aliphatic heterocycles. The van der Waals surface area contributed by atoms with Crippen molar-refractivity contribution >= 4 is 11.9 Å². The number of carbonyl (C=O) groups is 2. The van der Waals surface area contributed by atoms with E-state index in [4.69, 9.17) is 14.6 Å². The van der Waals surface area contributed by atoms with E-state index >= 15 is 0 Å². The molecule has 0 unspecified atom stereocenters. The molecule has 148 valence electrons. The van der Waals surface area contributed by atoms with Crippen LogP contribution in [-0.4, -0.2) is 28.8 Å². The average Bonchev–Trinajstić information content (AvgIpc) is 2.58. The summed E-state index contributed by atoms with van der Waals surface area (Å²) < 4.78 is 9.84. The molecule has 0 spiro atoms. The van der Waals surface area contributed by atoms with Gasteiger partial charge in [0, 0.05) is 24.2 Å². The maximum absolute atomic E-state index is 11.7. The van der Waals surface area contributed by atoms with Gasteiger partial charge in [-0.1, -0.05) is 51.7 Å². The normalized spacial score (nSPS) is 11.5. The quantitative estimate of drug-likeness (QED) is 0.204. The van der Waals surface area contributed by atoms with Crippen molar-refractivity contribution in [2.24, 2.45) is 0 Å². The van der Waals surface area contributed by atoms with Gasteiger partial charge in [0.05, 0.1) is 0 Å². The van der Waals surface area contributed by atoms with Crippen LogP contribution in [0.4, 0.5) is 0 Å². The number of hydrogen-bond donors (Lipinski definition) is 2. The van der Waals surface area contributed by atoms with Gasteiger partial charge < -0.3 is 19.7 Å². The molecule has 0 aromatic carbocycles. The van der Waals surface area contributed by atoms with E-state index in [1.165, 1.54) is 13.8 Å². The highest BCUT2D eigenvalue weighted by molar-refractivity contribution is 5.88. The van der Waals surface area contributed by atoms with E-state index in [-0.39, 0.29) is 29.9 Å². The van der Waals surface area contributed by atoms with Crippen LogP contribution in [-0.2, 0) is 19.1 Å². The minimum absolute atomic E-state index is 0.0736. The first-order valence-corrected chi connectivity index (χ1v) is 9.08. The van der Waals surface area contributed by atoms with Crippen molar-refractivity contribution in [1.29, 1.82) is 0 Å². The lowest BCUT2D eigenvalue weighted by atomic mass is 10.1. The highest BCUT2D eigenvalue weighted by atomic mass is 16.6. The summed E-state index contributed by atoms with van der Waals surface area (Å²) in [6.45, 7) is 10.1. The van der Waals surface area contributed by atoms with Gasteiger partial charge in [-0.25, -0.2) is 9.59 Å². The maximum Gasteiger partial charge on any atom is 0.340 e. The molecular weight excluding hydrogens is 336 g/mol. The van der Waals surface area contributed by atoms with Crippen molar-refractivity contribution in [1.82, 2.24) is 0 Å². The Bertz CT molecular complexity index is 518. The molecule has 0 radical (unpaired) electrons. The Kier molecular flexibility index (Phi) is 13.0. The van der Waals surface area contributed by atoms with Crippen LogP contribution in [0.15, 0.2) is 36.0 Å². The topological polar surface area (TPSA) is 93.1 Å². The van der Waals surface area contributed by atoms with Crippen LogP contribution in [0.1, 0.15) is 71.6 Å². The summed E-state index contributed by atoms with van der Waals surface area (Å²) in [6.07, 6.45) is 8.10. The van der Waals surface area contributed by atoms with Crippen molar-refractivity contribution in [3.8, 4) is 0 Å². The first kappa shape index (κ1) is 23.9. The Balaban J connectivity index is 4.45.